The molecular formula is C16H14ClFO3. The predicted octanol–water partition coefficient (Wildman–Crippen LogP) is 3.92. The normalized spacial score (nSPS) is 10.3. The Morgan fingerprint density at radius 3 is 2.52 bits per heavy atom. The van der Waals surface area contributed by atoms with Crippen molar-refractivity contribution in [3.05, 3.63) is 58.4 Å². The number of halogens is 2. The molecule has 0 fully saturated rings. The molecule has 2 rings (SSSR count). The fraction of sp³-hybridized carbons (Fsp3) is 0.188. The van der Waals surface area contributed by atoms with E-state index < -0.39 is 11.6 Å². The average Bonchev–Trinajstić information content (AvgIpc) is 2.47. The van der Waals surface area contributed by atoms with E-state index in [0.29, 0.717) is 16.3 Å². The van der Waals surface area contributed by atoms with Crippen LogP contribution in [0.5, 0.6) is 11.5 Å². The number of ketones is 1. The lowest BCUT2D eigenvalue weighted by Crippen LogP contribution is -2.09. The van der Waals surface area contributed by atoms with Crippen LogP contribution in [0.3, 0.4) is 0 Å². The van der Waals surface area contributed by atoms with E-state index in [1.54, 1.807) is 24.3 Å². The molecule has 21 heavy (non-hydrogen) atoms. The van der Waals surface area contributed by atoms with E-state index in [0.717, 1.165) is 0 Å². The number of hydrogen-bond acceptors (Lipinski definition) is 3. The third-order valence-electron chi connectivity index (χ3n) is 3.07. The van der Waals surface area contributed by atoms with Gasteiger partial charge in [-0.25, -0.2) is 4.39 Å². The van der Waals surface area contributed by atoms with Crippen molar-refractivity contribution in [1.82, 2.24) is 0 Å². The summed E-state index contributed by atoms with van der Waals surface area (Å²) in [5, 5.41) is 0.485. The minimum absolute atomic E-state index is 0.0268. The van der Waals surface area contributed by atoms with Crippen molar-refractivity contribution in [1.29, 1.82) is 0 Å². The lowest BCUT2D eigenvalue weighted by atomic mass is 10.0. The van der Waals surface area contributed by atoms with Gasteiger partial charge in [0.05, 0.1) is 19.8 Å². The maximum atomic E-state index is 13.9. The van der Waals surface area contributed by atoms with Crippen molar-refractivity contribution < 1.29 is 18.7 Å². The molecule has 0 bridgehead atoms. The largest absolute Gasteiger partial charge is 0.496 e. The van der Waals surface area contributed by atoms with Crippen molar-refractivity contribution in [3.8, 4) is 11.5 Å². The highest BCUT2D eigenvalue weighted by atomic mass is 35.5. The number of carbonyl (C=O) groups is 1. The molecule has 0 saturated heterocycles. The highest BCUT2D eigenvalue weighted by Gasteiger charge is 2.19. The lowest BCUT2D eigenvalue weighted by Gasteiger charge is -2.11. The molecule has 110 valence electrons. The topological polar surface area (TPSA) is 35.5 Å². The number of hydrogen-bond donors (Lipinski definition) is 0. The third kappa shape index (κ3) is 3.34. The van der Waals surface area contributed by atoms with Crippen LogP contribution in [0.25, 0.3) is 0 Å². The zero-order valence-electron chi connectivity index (χ0n) is 11.7. The number of carbonyl (C=O) groups excluding carboxylic acids is 1. The summed E-state index contributed by atoms with van der Waals surface area (Å²) >= 11 is 5.93. The first-order valence-corrected chi connectivity index (χ1v) is 6.62. The number of methoxy groups -OCH3 is 2. The summed E-state index contributed by atoms with van der Waals surface area (Å²) in [6.07, 6.45) is -0.0268. The molecule has 0 unspecified atom stereocenters. The maximum Gasteiger partial charge on any atom is 0.174 e. The molecule has 0 saturated carbocycles. The molecule has 0 aromatic heterocycles. The van der Waals surface area contributed by atoms with Crippen LogP contribution >= 0.6 is 11.6 Å². The quantitative estimate of drug-likeness (QED) is 0.785. The van der Waals surface area contributed by atoms with Crippen LogP contribution in [0.1, 0.15) is 15.9 Å². The van der Waals surface area contributed by atoms with Crippen LogP contribution in [0.15, 0.2) is 36.4 Å². The molecular weight excluding hydrogens is 295 g/mol. The van der Waals surface area contributed by atoms with E-state index in [2.05, 4.69) is 0 Å². The van der Waals surface area contributed by atoms with Crippen molar-refractivity contribution in [2.24, 2.45) is 0 Å². The molecule has 3 nitrogen and oxygen atoms in total. The summed E-state index contributed by atoms with van der Waals surface area (Å²) in [6.45, 7) is 0. The van der Waals surface area contributed by atoms with Crippen molar-refractivity contribution >= 4 is 17.4 Å². The highest BCUT2D eigenvalue weighted by Crippen LogP contribution is 2.27. The molecule has 0 spiro atoms. The number of rotatable bonds is 5. The van der Waals surface area contributed by atoms with Crippen LogP contribution in [0.4, 0.5) is 4.39 Å². The van der Waals surface area contributed by atoms with Gasteiger partial charge in [-0.3, -0.25) is 4.79 Å². The lowest BCUT2D eigenvalue weighted by molar-refractivity contribution is 0.0985. The number of benzene rings is 2. The molecule has 0 aliphatic rings. The number of Topliss-reactive ketones (excluding diaryl/α,β-unsaturated/α-hetero) is 1. The van der Waals surface area contributed by atoms with Crippen LogP contribution in [0, 0.1) is 5.82 Å². The van der Waals surface area contributed by atoms with E-state index in [1.807, 2.05) is 0 Å². The van der Waals surface area contributed by atoms with Crippen LogP contribution in [-0.2, 0) is 6.42 Å². The molecule has 0 amide bonds. The van der Waals surface area contributed by atoms with E-state index >= 15 is 0 Å². The number of ether oxygens (including phenoxy) is 2. The van der Waals surface area contributed by atoms with Gasteiger partial charge in [0.15, 0.2) is 5.78 Å². The first-order chi connectivity index (χ1) is 10.1. The Bertz CT molecular complexity index is 671. The molecule has 0 radical (unpaired) electrons. The van der Waals surface area contributed by atoms with Gasteiger partial charge in [0.25, 0.3) is 0 Å². The molecule has 0 aliphatic heterocycles. The van der Waals surface area contributed by atoms with Crippen molar-refractivity contribution in [3.63, 3.8) is 0 Å². The zero-order valence-corrected chi connectivity index (χ0v) is 12.4. The average molecular weight is 309 g/mol. The van der Waals surface area contributed by atoms with Gasteiger partial charge in [-0.2, -0.15) is 0 Å². The molecule has 0 N–H and O–H groups in total. The molecule has 2 aromatic rings. The van der Waals surface area contributed by atoms with Gasteiger partial charge in [0, 0.05) is 17.0 Å². The van der Waals surface area contributed by atoms with E-state index in [-0.39, 0.29) is 17.7 Å². The summed E-state index contributed by atoms with van der Waals surface area (Å²) in [4.78, 5) is 12.4. The second-order valence-corrected chi connectivity index (χ2v) is 4.81. The van der Waals surface area contributed by atoms with E-state index in [9.17, 15) is 9.18 Å². The van der Waals surface area contributed by atoms with Gasteiger partial charge >= 0.3 is 0 Å². The second kappa shape index (κ2) is 6.59. The van der Waals surface area contributed by atoms with E-state index in [4.69, 9.17) is 21.1 Å². The summed E-state index contributed by atoms with van der Waals surface area (Å²) in [7, 11) is 2.90. The zero-order chi connectivity index (χ0) is 15.4. The highest BCUT2D eigenvalue weighted by molar-refractivity contribution is 6.30. The van der Waals surface area contributed by atoms with Crippen LogP contribution in [-0.4, -0.2) is 20.0 Å². The smallest absolute Gasteiger partial charge is 0.174 e. The fourth-order valence-corrected chi connectivity index (χ4v) is 2.29. The standard InChI is InChI=1S/C16H14ClFO3/c1-20-14-7-6-11(17)8-10(14)9-13(19)16-12(18)4-3-5-15(16)21-2/h3-8H,9H2,1-2H3. The van der Waals surface area contributed by atoms with Crippen LogP contribution < -0.4 is 9.47 Å². The summed E-state index contributed by atoms with van der Waals surface area (Å²) < 4.78 is 24.1. The van der Waals surface area contributed by atoms with Gasteiger partial charge in [-0.1, -0.05) is 17.7 Å². The monoisotopic (exact) mass is 308 g/mol. The minimum Gasteiger partial charge on any atom is -0.496 e. The summed E-state index contributed by atoms with van der Waals surface area (Å²) in [5.41, 5.74) is 0.530. The van der Waals surface area contributed by atoms with Gasteiger partial charge in [-0.15, -0.1) is 0 Å². The second-order valence-electron chi connectivity index (χ2n) is 4.37. The van der Waals surface area contributed by atoms with Crippen LogP contribution in [0.2, 0.25) is 5.02 Å². The first kappa shape index (κ1) is 15.3. The Hall–Kier alpha value is -2.07. The maximum absolute atomic E-state index is 13.9. The van der Waals surface area contributed by atoms with Crippen molar-refractivity contribution in [2.75, 3.05) is 14.2 Å². The minimum atomic E-state index is -0.611. The van der Waals surface area contributed by atoms with Crippen molar-refractivity contribution in [2.45, 2.75) is 6.42 Å². The van der Waals surface area contributed by atoms with E-state index in [1.165, 1.54) is 26.4 Å². The molecule has 5 heteroatoms. The fourth-order valence-electron chi connectivity index (χ4n) is 2.09. The Kier molecular flexibility index (Phi) is 4.81. The van der Waals surface area contributed by atoms with Gasteiger partial charge in [-0.05, 0) is 30.3 Å². The molecule has 0 heterocycles. The Labute approximate surface area is 127 Å². The first-order valence-electron chi connectivity index (χ1n) is 6.25. The SMILES string of the molecule is COc1ccc(Cl)cc1CC(=O)c1c(F)cccc1OC. The molecule has 0 atom stereocenters. The van der Waals surface area contributed by atoms with Gasteiger partial charge < -0.3 is 9.47 Å². The summed E-state index contributed by atoms with van der Waals surface area (Å²) in [6, 6.07) is 9.23. The molecule has 2 aromatic carbocycles. The Morgan fingerprint density at radius 2 is 1.86 bits per heavy atom. The summed E-state index contributed by atoms with van der Waals surface area (Å²) in [5.74, 6) is -0.269. The Balaban J connectivity index is 2.37. The van der Waals surface area contributed by atoms with Gasteiger partial charge in [0.1, 0.15) is 17.3 Å². The predicted molar refractivity (Wildman–Crippen MR) is 79.0 cm³/mol. The van der Waals surface area contributed by atoms with Gasteiger partial charge in [0.2, 0.25) is 0 Å². The Morgan fingerprint density at radius 1 is 1.14 bits per heavy atom. The molecule has 0 aliphatic carbocycles. The third-order valence-corrected chi connectivity index (χ3v) is 3.30.